The van der Waals surface area contributed by atoms with E-state index in [1.54, 1.807) is 6.92 Å². The Morgan fingerprint density at radius 1 is 1.08 bits per heavy atom. The van der Waals surface area contributed by atoms with Crippen molar-refractivity contribution in [1.82, 2.24) is 20.4 Å². The summed E-state index contributed by atoms with van der Waals surface area (Å²) in [5.74, 6) is -5.10. The maximum Gasteiger partial charge on any atom is 0.292 e. The van der Waals surface area contributed by atoms with Crippen molar-refractivity contribution < 1.29 is 18.0 Å². The summed E-state index contributed by atoms with van der Waals surface area (Å²) >= 11 is 0. The monoisotopic (exact) mass is 361 g/mol. The number of aryl methyl sites for hydroxylation is 1. The Kier molecular flexibility index (Phi) is 4.61. The average molecular weight is 361 g/mol. The molecule has 2 N–H and O–H groups in total. The number of rotatable bonds is 4. The van der Waals surface area contributed by atoms with Crippen molar-refractivity contribution in [3.63, 3.8) is 0 Å². The van der Waals surface area contributed by atoms with Gasteiger partial charge >= 0.3 is 0 Å². The number of halogens is 3. The molecule has 0 aliphatic heterocycles. The predicted octanol–water partition coefficient (Wildman–Crippen LogP) is 3.06. The second-order valence-corrected chi connectivity index (χ2v) is 5.58. The molecule has 3 rings (SSSR count). The summed E-state index contributed by atoms with van der Waals surface area (Å²) < 4.78 is 41.2. The van der Waals surface area contributed by atoms with E-state index in [0.29, 0.717) is 5.69 Å². The highest BCUT2D eigenvalue weighted by Gasteiger charge is 2.19. The van der Waals surface area contributed by atoms with Crippen LogP contribution in [0.3, 0.4) is 0 Å². The number of nitrogens with one attached hydrogen (secondary N) is 2. The number of anilines is 1. The van der Waals surface area contributed by atoms with Crippen molar-refractivity contribution in [2.75, 3.05) is 5.43 Å². The number of amides is 1. The molecule has 0 aliphatic rings. The largest absolute Gasteiger partial charge is 0.295 e. The first kappa shape index (κ1) is 17.5. The molecular formula is C17H14F3N5O. The van der Waals surface area contributed by atoms with Gasteiger partial charge in [-0.3, -0.25) is 15.6 Å². The molecule has 0 saturated carbocycles. The molecule has 0 spiro atoms. The molecule has 1 heterocycles. The predicted molar refractivity (Wildman–Crippen MR) is 88.2 cm³/mol. The number of hydrazine groups is 1. The fourth-order valence-electron chi connectivity index (χ4n) is 2.35. The zero-order valence-corrected chi connectivity index (χ0v) is 13.8. The minimum Gasteiger partial charge on any atom is -0.295 e. The molecule has 6 nitrogen and oxygen atoms in total. The van der Waals surface area contributed by atoms with Crippen molar-refractivity contribution in [3.8, 4) is 5.69 Å². The van der Waals surface area contributed by atoms with Crippen LogP contribution in [0.2, 0.25) is 0 Å². The molecule has 3 aromatic rings. The quantitative estimate of drug-likeness (QED) is 0.553. The average Bonchev–Trinajstić information content (AvgIpc) is 3.00. The second-order valence-electron chi connectivity index (χ2n) is 5.58. The summed E-state index contributed by atoms with van der Waals surface area (Å²) in [5, 5.41) is 7.76. The summed E-state index contributed by atoms with van der Waals surface area (Å²) in [6.07, 6.45) is 0. The van der Waals surface area contributed by atoms with Crippen molar-refractivity contribution >= 4 is 11.6 Å². The van der Waals surface area contributed by atoms with Crippen LogP contribution in [-0.2, 0) is 0 Å². The van der Waals surface area contributed by atoms with Gasteiger partial charge in [0, 0.05) is 0 Å². The minimum atomic E-state index is -1.63. The molecule has 0 saturated heterocycles. The molecule has 1 aromatic heterocycles. The van der Waals surface area contributed by atoms with Crippen LogP contribution in [0.15, 0.2) is 36.4 Å². The molecular weight excluding hydrogens is 347 g/mol. The van der Waals surface area contributed by atoms with Crippen LogP contribution in [0.4, 0.5) is 18.9 Å². The third-order valence-electron chi connectivity index (χ3n) is 3.70. The fraction of sp³-hybridized carbons (Fsp3) is 0.118. The lowest BCUT2D eigenvalue weighted by molar-refractivity contribution is 0.0957. The third-order valence-corrected chi connectivity index (χ3v) is 3.70. The molecule has 2 aromatic carbocycles. The van der Waals surface area contributed by atoms with Gasteiger partial charge in [-0.1, -0.05) is 17.3 Å². The van der Waals surface area contributed by atoms with E-state index in [1.165, 1.54) is 4.68 Å². The van der Waals surface area contributed by atoms with E-state index in [1.807, 2.05) is 31.2 Å². The maximum absolute atomic E-state index is 13.6. The first-order valence-electron chi connectivity index (χ1n) is 7.57. The minimum absolute atomic E-state index is 0.00185. The van der Waals surface area contributed by atoms with E-state index in [4.69, 9.17) is 0 Å². The van der Waals surface area contributed by atoms with Gasteiger partial charge in [-0.15, -0.1) is 5.10 Å². The summed E-state index contributed by atoms with van der Waals surface area (Å²) in [5.41, 5.74) is 6.18. The van der Waals surface area contributed by atoms with Crippen LogP contribution in [-0.4, -0.2) is 20.9 Å². The van der Waals surface area contributed by atoms with Crippen LogP contribution >= 0.6 is 0 Å². The Morgan fingerprint density at radius 3 is 2.58 bits per heavy atom. The molecule has 0 fully saturated rings. The summed E-state index contributed by atoms with van der Waals surface area (Å²) in [6.45, 7) is 3.57. The molecule has 0 bridgehead atoms. The zero-order chi connectivity index (χ0) is 18.8. The van der Waals surface area contributed by atoms with Crippen LogP contribution in [0.5, 0.6) is 0 Å². The molecule has 0 aliphatic carbocycles. The lowest BCUT2D eigenvalue weighted by Crippen LogP contribution is -2.31. The van der Waals surface area contributed by atoms with E-state index in [9.17, 15) is 18.0 Å². The molecule has 0 unspecified atom stereocenters. The molecule has 9 heteroatoms. The van der Waals surface area contributed by atoms with E-state index in [2.05, 4.69) is 21.2 Å². The van der Waals surface area contributed by atoms with Crippen LogP contribution in [0, 0.1) is 31.3 Å². The Balaban J connectivity index is 1.78. The van der Waals surface area contributed by atoms with Gasteiger partial charge in [0.05, 0.1) is 17.1 Å². The highest BCUT2D eigenvalue weighted by atomic mass is 19.2. The number of hydrogen-bond donors (Lipinski definition) is 2. The summed E-state index contributed by atoms with van der Waals surface area (Å²) in [6, 6.07) is 9.16. The third kappa shape index (κ3) is 3.23. The number of carbonyl (C=O) groups excluding carboxylic acids is 1. The number of carbonyl (C=O) groups is 1. The van der Waals surface area contributed by atoms with Gasteiger partial charge in [0.2, 0.25) is 0 Å². The molecule has 26 heavy (non-hydrogen) atoms. The first-order chi connectivity index (χ1) is 12.4. The fourth-order valence-corrected chi connectivity index (χ4v) is 2.35. The van der Waals surface area contributed by atoms with E-state index < -0.39 is 29.0 Å². The smallest absolute Gasteiger partial charge is 0.292 e. The van der Waals surface area contributed by atoms with Crippen molar-refractivity contribution in [2.45, 2.75) is 13.8 Å². The molecule has 0 radical (unpaired) electrons. The number of benzene rings is 2. The van der Waals surface area contributed by atoms with Crippen molar-refractivity contribution in [2.24, 2.45) is 0 Å². The zero-order valence-electron chi connectivity index (χ0n) is 13.8. The maximum atomic E-state index is 13.6. The van der Waals surface area contributed by atoms with E-state index >= 15 is 0 Å². The Hall–Kier alpha value is -3.36. The Labute approximate surface area is 146 Å². The van der Waals surface area contributed by atoms with E-state index in [-0.39, 0.29) is 5.69 Å². The van der Waals surface area contributed by atoms with Crippen LogP contribution < -0.4 is 10.9 Å². The SMILES string of the molecule is Cc1cccc(-n2nnc(C(=O)NNc3ccc(F)c(F)c3F)c2C)c1. The highest BCUT2D eigenvalue weighted by molar-refractivity contribution is 5.94. The van der Waals surface area contributed by atoms with Gasteiger partial charge in [-0.2, -0.15) is 0 Å². The van der Waals surface area contributed by atoms with Gasteiger partial charge in [-0.25, -0.2) is 17.9 Å². The Morgan fingerprint density at radius 2 is 1.85 bits per heavy atom. The first-order valence-corrected chi connectivity index (χ1v) is 7.57. The van der Waals surface area contributed by atoms with Gasteiger partial charge in [0.15, 0.2) is 23.1 Å². The van der Waals surface area contributed by atoms with Crippen LogP contribution in [0.1, 0.15) is 21.7 Å². The summed E-state index contributed by atoms with van der Waals surface area (Å²) in [7, 11) is 0. The lowest BCUT2D eigenvalue weighted by Gasteiger charge is -2.09. The summed E-state index contributed by atoms with van der Waals surface area (Å²) in [4.78, 5) is 12.2. The normalized spacial score (nSPS) is 10.7. The van der Waals surface area contributed by atoms with Crippen LogP contribution in [0.25, 0.3) is 5.69 Å². The molecule has 1 amide bonds. The second kappa shape index (κ2) is 6.87. The standard InChI is InChI=1S/C17H14F3N5O/c1-9-4-3-5-11(8-9)25-10(2)16(22-24-25)17(26)23-21-13-7-6-12(18)14(19)15(13)20/h3-8,21H,1-2H3,(H,23,26). The van der Waals surface area contributed by atoms with Crippen molar-refractivity contribution in [1.29, 1.82) is 0 Å². The van der Waals surface area contributed by atoms with Crippen molar-refractivity contribution in [3.05, 3.63) is 70.8 Å². The lowest BCUT2D eigenvalue weighted by atomic mass is 10.2. The van der Waals surface area contributed by atoms with Gasteiger partial charge in [-0.05, 0) is 43.7 Å². The molecule has 0 atom stereocenters. The van der Waals surface area contributed by atoms with E-state index in [0.717, 1.165) is 23.4 Å². The van der Waals surface area contributed by atoms with Gasteiger partial charge in [0.25, 0.3) is 5.91 Å². The molecule has 134 valence electrons. The number of nitrogens with zero attached hydrogens (tertiary/aromatic N) is 3. The van der Waals surface area contributed by atoms with Gasteiger partial charge in [0.1, 0.15) is 0 Å². The highest BCUT2D eigenvalue weighted by Crippen LogP contribution is 2.19. The van der Waals surface area contributed by atoms with Gasteiger partial charge < -0.3 is 0 Å². The Bertz CT molecular complexity index is 987. The number of hydrogen-bond acceptors (Lipinski definition) is 4. The number of aromatic nitrogens is 3. The topological polar surface area (TPSA) is 71.8 Å².